The third-order valence-electron chi connectivity index (χ3n) is 4.73. The van der Waals surface area contributed by atoms with Crippen molar-refractivity contribution in [2.24, 2.45) is 0 Å². The minimum absolute atomic E-state index is 0.0630. The zero-order valence-corrected chi connectivity index (χ0v) is 17.7. The second kappa shape index (κ2) is 7.93. The van der Waals surface area contributed by atoms with Gasteiger partial charge in [-0.15, -0.1) is 11.3 Å². The predicted octanol–water partition coefficient (Wildman–Crippen LogP) is 5.70. The summed E-state index contributed by atoms with van der Waals surface area (Å²) in [6.07, 6.45) is 1.64. The van der Waals surface area contributed by atoms with Crippen LogP contribution in [0.4, 0.5) is 0 Å². The van der Waals surface area contributed by atoms with Gasteiger partial charge in [-0.3, -0.25) is 9.36 Å². The Balaban J connectivity index is 1.56. The molecule has 0 saturated carbocycles. The lowest BCUT2D eigenvalue weighted by atomic mass is 10.2. The highest BCUT2D eigenvalue weighted by Gasteiger charge is 2.15. The number of hydrogen-bond donors (Lipinski definition) is 0. The topological polar surface area (TPSA) is 60.9 Å². The van der Waals surface area contributed by atoms with Crippen LogP contribution in [0.5, 0.6) is 0 Å². The molecule has 0 aliphatic carbocycles. The lowest BCUT2D eigenvalue weighted by Crippen LogP contribution is -2.22. The maximum atomic E-state index is 13.4. The van der Waals surface area contributed by atoms with Crippen LogP contribution in [0.25, 0.3) is 27.4 Å². The number of fused-ring (bicyclic) bond motifs is 1. The number of thioether (sulfide) groups is 1. The number of benzene rings is 2. The number of nitrogens with zero attached hydrogens (tertiary/aromatic N) is 3. The first-order valence-electron chi connectivity index (χ1n) is 9.39. The molecular formula is C23H17N3O2S2. The molecule has 148 valence electrons. The average molecular weight is 432 g/mol. The molecule has 0 amide bonds. The summed E-state index contributed by atoms with van der Waals surface area (Å²) in [4.78, 5) is 22.8. The summed E-state index contributed by atoms with van der Waals surface area (Å²) >= 11 is 3.05. The first-order chi connectivity index (χ1) is 14.7. The SMILES string of the molecule is Cc1ccccc1-n1c(SCc2csc(-c3ccco3)n2)nc2ccccc2c1=O. The number of aryl methyl sites for hydroxylation is 1. The van der Waals surface area contributed by atoms with Gasteiger partial charge in [-0.25, -0.2) is 9.97 Å². The number of hydrogen-bond acceptors (Lipinski definition) is 6. The summed E-state index contributed by atoms with van der Waals surface area (Å²) in [5.41, 5.74) is 3.43. The van der Waals surface area contributed by atoms with E-state index in [1.54, 1.807) is 22.2 Å². The van der Waals surface area contributed by atoms with E-state index in [1.807, 2.05) is 73.0 Å². The summed E-state index contributed by atoms with van der Waals surface area (Å²) in [5.74, 6) is 1.37. The first-order valence-corrected chi connectivity index (χ1v) is 11.3. The van der Waals surface area contributed by atoms with Gasteiger partial charge in [0, 0.05) is 11.1 Å². The maximum absolute atomic E-state index is 13.4. The van der Waals surface area contributed by atoms with Crippen molar-refractivity contribution in [3.8, 4) is 16.5 Å². The van der Waals surface area contributed by atoms with Gasteiger partial charge in [0.05, 0.1) is 28.5 Å². The van der Waals surface area contributed by atoms with Gasteiger partial charge in [-0.1, -0.05) is 42.1 Å². The highest BCUT2D eigenvalue weighted by molar-refractivity contribution is 7.98. The van der Waals surface area contributed by atoms with Crippen LogP contribution >= 0.6 is 23.1 Å². The normalized spacial score (nSPS) is 11.2. The Labute approximate surface area is 181 Å². The number of aromatic nitrogens is 3. The Morgan fingerprint density at radius 1 is 1.03 bits per heavy atom. The minimum Gasteiger partial charge on any atom is -0.462 e. The molecule has 5 rings (SSSR count). The van der Waals surface area contributed by atoms with E-state index in [0.29, 0.717) is 21.8 Å². The van der Waals surface area contributed by atoms with E-state index in [0.717, 1.165) is 27.7 Å². The van der Waals surface area contributed by atoms with Gasteiger partial charge in [0.1, 0.15) is 0 Å². The van der Waals surface area contributed by atoms with E-state index in [1.165, 1.54) is 11.8 Å². The molecule has 0 aliphatic rings. The molecule has 3 aromatic heterocycles. The Morgan fingerprint density at radius 2 is 1.87 bits per heavy atom. The Kier molecular flexibility index (Phi) is 4.98. The van der Waals surface area contributed by atoms with E-state index in [-0.39, 0.29) is 5.56 Å². The average Bonchev–Trinajstić information content (AvgIpc) is 3.45. The van der Waals surface area contributed by atoms with Gasteiger partial charge in [-0.05, 0) is 42.8 Å². The zero-order chi connectivity index (χ0) is 20.5. The summed E-state index contributed by atoms with van der Waals surface area (Å²) in [5, 5.41) is 4.13. The van der Waals surface area contributed by atoms with Crippen LogP contribution in [0, 0.1) is 6.92 Å². The van der Waals surface area contributed by atoms with E-state index in [2.05, 4.69) is 4.98 Å². The summed E-state index contributed by atoms with van der Waals surface area (Å²) < 4.78 is 7.14. The molecule has 0 fully saturated rings. The molecule has 0 N–H and O–H groups in total. The lowest BCUT2D eigenvalue weighted by molar-refractivity contribution is 0.581. The minimum atomic E-state index is -0.0630. The summed E-state index contributed by atoms with van der Waals surface area (Å²) in [7, 11) is 0. The second-order valence-corrected chi connectivity index (χ2v) is 8.55. The molecule has 2 aromatic carbocycles. The summed E-state index contributed by atoms with van der Waals surface area (Å²) in [6.45, 7) is 2.00. The van der Waals surface area contributed by atoms with E-state index in [4.69, 9.17) is 9.40 Å². The fourth-order valence-electron chi connectivity index (χ4n) is 3.26. The predicted molar refractivity (Wildman–Crippen MR) is 121 cm³/mol. The van der Waals surface area contributed by atoms with Crippen molar-refractivity contribution in [3.63, 3.8) is 0 Å². The smallest absolute Gasteiger partial charge is 0.266 e. The fraction of sp³-hybridized carbons (Fsp3) is 0.0870. The molecule has 0 atom stereocenters. The van der Waals surface area contributed by atoms with Gasteiger partial charge >= 0.3 is 0 Å². The van der Waals surface area contributed by atoms with E-state index in [9.17, 15) is 4.79 Å². The van der Waals surface area contributed by atoms with Crippen LogP contribution < -0.4 is 5.56 Å². The van der Waals surface area contributed by atoms with Crippen LogP contribution in [0.2, 0.25) is 0 Å². The van der Waals surface area contributed by atoms with Crippen molar-refractivity contribution in [2.75, 3.05) is 0 Å². The van der Waals surface area contributed by atoms with Crippen LogP contribution in [0.1, 0.15) is 11.3 Å². The van der Waals surface area contributed by atoms with Gasteiger partial charge < -0.3 is 4.42 Å². The lowest BCUT2D eigenvalue weighted by Gasteiger charge is -2.14. The highest BCUT2D eigenvalue weighted by atomic mass is 32.2. The molecule has 30 heavy (non-hydrogen) atoms. The zero-order valence-electron chi connectivity index (χ0n) is 16.1. The van der Waals surface area contributed by atoms with Crippen molar-refractivity contribution in [1.29, 1.82) is 0 Å². The molecule has 0 unspecified atom stereocenters. The monoisotopic (exact) mass is 431 g/mol. The van der Waals surface area contributed by atoms with Gasteiger partial charge in [0.2, 0.25) is 0 Å². The number of rotatable bonds is 5. The molecule has 0 radical (unpaired) electrons. The Hall–Kier alpha value is -3.16. The highest BCUT2D eigenvalue weighted by Crippen LogP contribution is 2.29. The van der Waals surface area contributed by atoms with Gasteiger partial charge in [0.25, 0.3) is 5.56 Å². The number of thiazole rings is 1. The van der Waals surface area contributed by atoms with Gasteiger partial charge in [0.15, 0.2) is 15.9 Å². The molecule has 0 aliphatic heterocycles. The Morgan fingerprint density at radius 3 is 2.70 bits per heavy atom. The third-order valence-corrected chi connectivity index (χ3v) is 6.61. The molecular weight excluding hydrogens is 414 g/mol. The van der Waals surface area contributed by atoms with Crippen molar-refractivity contribution in [2.45, 2.75) is 17.8 Å². The Bertz CT molecular complexity index is 1390. The van der Waals surface area contributed by atoms with E-state index < -0.39 is 0 Å². The van der Waals surface area contributed by atoms with Crippen molar-refractivity contribution < 1.29 is 4.42 Å². The molecule has 5 aromatic rings. The number of furan rings is 1. The first kappa shape index (κ1) is 18.8. The quantitative estimate of drug-likeness (QED) is 0.264. The molecule has 0 bridgehead atoms. The van der Waals surface area contributed by atoms with Crippen LogP contribution in [-0.4, -0.2) is 14.5 Å². The van der Waals surface area contributed by atoms with Gasteiger partial charge in [-0.2, -0.15) is 0 Å². The van der Waals surface area contributed by atoms with Crippen LogP contribution in [-0.2, 0) is 5.75 Å². The van der Waals surface area contributed by atoms with Crippen molar-refractivity contribution >= 4 is 34.0 Å². The third kappa shape index (κ3) is 3.46. The van der Waals surface area contributed by atoms with E-state index >= 15 is 0 Å². The largest absolute Gasteiger partial charge is 0.462 e. The fourth-order valence-corrected chi connectivity index (χ4v) is 5.05. The second-order valence-electron chi connectivity index (χ2n) is 6.75. The molecule has 5 nitrogen and oxygen atoms in total. The van der Waals surface area contributed by atoms with Crippen LogP contribution in [0.15, 0.2) is 86.7 Å². The standard InChI is InChI=1S/C23H17N3O2S2/c1-15-7-2-5-10-19(15)26-22(27)17-8-3-4-9-18(17)25-23(26)30-14-16-13-29-21(24-16)20-11-6-12-28-20/h2-13H,14H2,1H3. The summed E-state index contributed by atoms with van der Waals surface area (Å²) in [6, 6.07) is 19.1. The number of para-hydroxylation sites is 2. The molecule has 0 saturated heterocycles. The van der Waals surface area contributed by atoms with Crippen molar-refractivity contribution in [1.82, 2.24) is 14.5 Å². The van der Waals surface area contributed by atoms with Crippen LogP contribution in [0.3, 0.4) is 0 Å². The maximum Gasteiger partial charge on any atom is 0.266 e. The molecule has 0 spiro atoms. The van der Waals surface area contributed by atoms with Crippen molar-refractivity contribution in [3.05, 3.63) is 93.9 Å². The molecule has 7 heteroatoms. The molecule has 3 heterocycles.